The molecule has 1 heterocycles. The molecule has 0 bridgehead atoms. The highest BCUT2D eigenvalue weighted by Crippen LogP contribution is 2.38. The van der Waals surface area contributed by atoms with Crippen LogP contribution in [0.3, 0.4) is 0 Å². The summed E-state index contributed by atoms with van der Waals surface area (Å²) in [6, 6.07) is 8.23. The van der Waals surface area contributed by atoms with Crippen molar-refractivity contribution in [1.82, 2.24) is 15.5 Å². The molecule has 1 aliphatic carbocycles. The number of hydrogen-bond acceptors (Lipinski definition) is 5. The molecule has 1 atom stereocenters. The van der Waals surface area contributed by atoms with E-state index >= 15 is 0 Å². The Bertz CT molecular complexity index is 593. The predicted octanol–water partition coefficient (Wildman–Crippen LogP) is 1.86. The number of hydrogen-bond donors (Lipinski definition) is 2. The lowest BCUT2D eigenvalue weighted by Gasteiger charge is -2.13. The first-order chi connectivity index (χ1) is 9.74. The molecule has 0 aliphatic heterocycles. The Morgan fingerprint density at radius 1 is 1.40 bits per heavy atom. The maximum absolute atomic E-state index is 11.3. The Kier molecular flexibility index (Phi) is 3.47. The number of aliphatic carboxylic acids is 1. The molecule has 1 aliphatic rings. The van der Waals surface area contributed by atoms with Crippen LogP contribution in [-0.4, -0.2) is 21.2 Å². The average Bonchev–Trinajstić information content (AvgIpc) is 3.20. The smallest absolute Gasteiger partial charge is 0.325 e. The summed E-state index contributed by atoms with van der Waals surface area (Å²) in [6.07, 6.45) is 2.21. The summed E-state index contributed by atoms with van der Waals surface area (Å²) >= 11 is 0. The number of nitrogens with one attached hydrogen (secondary N) is 1. The van der Waals surface area contributed by atoms with E-state index in [-0.39, 0.29) is 6.54 Å². The number of rotatable bonds is 6. The lowest BCUT2D eigenvalue weighted by molar-refractivity contribution is -0.139. The molecule has 1 unspecified atom stereocenters. The van der Waals surface area contributed by atoms with Gasteiger partial charge in [-0.25, -0.2) is 0 Å². The normalized spacial score (nSPS) is 16.0. The molecule has 2 N–H and O–H groups in total. The van der Waals surface area contributed by atoms with E-state index in [2.05, 4.69) is 15.5 Å². The largest absolute Gasteiger partial charge is 0.480 e. The van der Waals surface area contributed by atoms with Crippen LogP contribution in [0.25, 0.3) is 0 Å². The van der Waals surface area contributed by atoms with Crippen LogP contribution in [0.1, 0.15) is 42.1 Å². The lowest BCUT2D eigenvalue weighted by Crippen LogP contribution is -2.28. The first-order valence-corrected chi connectivity index (χ1v) is 6.57. The van der Waals surface area contributed by atoms with Crippen LogP contribution >= 0.6 is 0 Å². The van der Waals surface area contributed by atoms with Gasteiger partial charge in [-0.15, -0.1) is 0 Å². The van der Waals surface area contributed by atoms with E-state index in [1.165, 1.54) is 0 Å². The van der Waals surface area contributed by atoms with E-state index in [0.717, 1.165) is 18.7 Å². The van der Waals surface area contributed by atoms with Crippen molar-refractivity contribution in [3.8, 4) is 0 Å². The van der Waals surface area contributed by atoms with Crippen LogP contribution in [0.2, 0.25) is 0 Å². The summed E-state index contributed by atoms with van der Waals surface area (Å²) in [6.45, 7) is 0.242. The quantitative estimate of drug-likeness (QED) is 0.835. The van der Waals surface area contributed by atoms with Gasteiger partial charge in [-0.2, -0.15) is 4.98 Å². The standard InChI is InChI=1S/C14H15N3O3/c18-14(19)12(9-4-2-1-3-5-9)15-8-11-16-13(17-20-11)10-6-7-10/h1-5,10,12,15H,6-8H2,(H,18,19). The maximum Gasteiger partial charge on any atom is 0.325 e. The summed E-state index contributed by atoms with van der Waals surface area (Å²) < 4.78 is 5.12. The van der Waals surface area contributed by atoms with Crippen molar-refractivity contribution >= 4 is 5.97 Å². The summed E-state index contributed by atoms with van der Waals surface area (Å²) in [4.78, 5) is 15.6. The first-order valence-electron chi connectivity index (χ1n) is 6.57. The van der Waals surface area contributed by atoms with E-state index in [9.17, 15) is 9.90 Å². The molecule has 0 spiro atoms. The number of carboxylic acid groups (broad SMARTS) is 1. The molecule has 1 saturated carbocycles. The summed E-state index contributed by atoms with van der Waals surface area (Å²) in [5.74, 6) is 0.650. The minimum Gasteiger partial charge on any atom is -0.480 e. The van der Waals surface area contributed by atoms with Gasteiger partial charge >= 0.3 is 5.97 Å². The molecular formula is C14H15N3O3. The van der Waals surface area contributed by atoms with Crippen LogP contribution in [0.4, 0.5) is 0 Å². The van der Waals surface area contributed by atoms with E-state index in [1.807, 2.05) is 18.2 Å². The van der Waals surface area contributed by atoms with E-state index in [1.54, 1.807) is 12.1 Å². The van der Waals surface area contributed by atoms with Crippen molar-refractivity contribution in [1.29, 1.82) is 0 Å². The molecular weight excluding hydrogens is 258 g/mol. The maximum atomic E-state index is 11.3. The fourth-order valence-corrected chi connectivity index (χ4v) is 2.03. The van der Waals surface area contributed by atoms with E-state index in [0.29, 0.717) is 17.4 Å². The lowest BCUT2D eigenvalue weighted by atomic mass is 10.1. The highest BCUT2D eigenvalue weighted by atomic mass is 16.5. The Morgan fingerprint density at radius 2 is 2.15 bits per heavy atom. The van der Waals surface area contributed by atoms with Gasteiger partial charge in [0, 0.05) is 5.92 Å². The molecule has 6 heteroatoms. The minimum absolute atomic E-state index is 0.242. The zero-order valence-corrected chi connectivity index (χ0v) is 10.8. The Labute approximate surface area is 115 Å². The van der Waals surface area contributed by atoms with Crippen LogP contribution in [0.15, 0.2) is 34.9 Å². The Morgan fingerprint density at radius 3 is 2.80 bits per heavy atom. The van der Waals surface area contributed by atoms with Crippen molar-refractivity contribution in [2.75, 3.05) is 0 Å². The monoisotopic (exact) mass is 273 g/mol. The number of nitrogens with zero attached hydrogens (tertiary/aromatic N) is 2. The Hall–Kier alpha value is -2.21. The number of carboxylic acids is 1. The van der Waals surface area contributed by atoms with Gasteiger partial charge in [0.15, 0.2) is 5.82 Å². The van der Waals surface area contributed by atoms with Crippen molar-refractivity contribution in [2.24, 2.45) is 0 Å². The van der Waals surface area contributed by atoms with Crippen LogP contribution < -0.4 is 5.32 Å². The SMILES string of the molecule is O=C(O)C(NCc1nc(C2CC2)no1)c1ccccc1. The topological polar surface area (TPSA) is 88.2 Å². The summed E-state index contributed by atoms with van der Waals surface area (Å²) in [5, 5.41) is 16.1. The number of benzene rings is 1. The minimum atomic E-state index is -0.932. The fraction of sp³-hybridized carbons (Fsp3) is 0.357. The van der Waals surface area contributed by atoms with Crippen LogP contribution in [-0.2, 0) is 11.3 Å². The van der Waals surface area contributed by atoms with Crippen molar-refractivity contribution in [3.05, 3.63) is 47.6 Å². The number of aromatic nitrogens is 2. The van der Waals surface area contributed by atoms with Gasteiger partial charge in [0.25, 0.3) is 0 Å². The van der Waals surface area contributed by atoms with Gasteiger partial charge in [-0.1, -0.05) is 35.5 Å². The molecule has 6 nitrogen and oxygen atoms in total. The molecule has 1 aromatic carbocycles. The fourth-order valence-electron chi connectivity index (χ4n) is 2.03. The van der Waals surface area contributed by atoms with Gasteiger partial charge in [0.05, 0.1) is 6.54 Å². The third-order valence-corrected chi connectivity index (χ3v) is 3.26. The van der Waals surface area contributed by atoms with Crippen molar-refractivity contribution < 1.29 is 14.4 Å². The zero-order chi connectivity index (χ0) is 13.9. The molecule has 2 aromatic rings. The zero-order valence-electron chi connectivity index (χ0n) is 10.8. The third kappa shape index (κ3) is 2.85. The highest BCUT2D eigenvalue weighted by Gasteiger charge is 2.29. The highest BCUT2D eigenvalue weighted by molar-refractivity contribution is 5.75. The predicted molar refractivity (Wildman–Crippen MR) is 69.9 cm³/mol. The molecule has 20 heavy (non-hydrogen) atoms. The van der Waals surface area contributed by atoms with Gasteiger partial charge < -0.3 is 9.63 Å². The molecule has 1 aromatic heterocycles. The van der Waals surface area contributed by atoms with Gasteiger partial charge in [0.1, 0.15) is 6.04 Å². The summed E-state index contributed by atoms with van der Waals surface area (Å²) in [5.41, 5.74) is 0.696. The van der Waals surface area contributed by atoms with Crippen LogP contribution in [0.5, 0.6) is 0 Å². The average molecular weight is 273 g/mol. The second-order valence-corrected chi connectivity index (χ2v) is 4.88. The second-order valence-electron chi connectivity index (χ2n) is 4.88. The third-order valence-electron chi connectivity index (χ3n) is 3.26. The first kappa shape index (κ1) is 12.8. The summed E-state index contributed by atoms with van der Waals surface area (Å²) in [7, 11) is 0. The molecule has 3 rings (SSSR count). The molecule has 0 saturated heterocycles. The van der Waals surface area contributed by atoms with Gasteiger partial charge in [-0.3, -0.25) is 10.1 Å². The van der Waals surface area contributed by atoms with E-state index < -0.39 is 12.0 Å². The molecule has 104 valence electrons. The van der Waals surface area contributed by atoms with Gasteiger partial charge in [0.2, 0.25) is 5.89 Å². The number of carbonyl (C=O) groups is 1. The van der Waals surface area contributed by atoms with Crippen LogP contribution in [0, 0.1) is 0 Å². The Balaban J connectivity index is 1.66. The molecule has 0 amide bonds. The second kappa shape index (κ2) is 5.42. The van der Waals surface area contributed by atoms with E-state index in [4.69, 9.17) is 4.52 Å². The molecule has 1 fully saturated rings. The molecule has 0 radical (unpaired) electrons. The van der Waals surface area contributed by atoms with Crippen molar-refractivity contribution in [3.63, 3.8) is 0 Å². The van der Waals surface area contributed by atoms with Crippen molar-refractivity contribution in [2.45, 2.75) is 31.3 Å². The van der Waals surface area contributed by atoms with Gasteiger partial charge in [-0.05, 0) is 18.4 Å².